The molecule has 0 saturated carbocycles. The monoisotopic (exact) mass is 310 g/mol. The van der Waals surface area contributed by atoms with Crippen LogP contribution in [0.25, 0.3) is 0 Å². The highest BCUT2D eigenvalue weighted by Gasteiger charge is 2.30. The predicted octanol–water partition coefficient (Wildman–Crippen LogP) is 2.73. The van der Waals surface area contributed by atoms with Crippen molar-refractivity contribution in [2.24, 2.45) is 0 Å². The van der Waals surface area contributed by atoms with Crippen LogP contribution in [0, 0.1) is 0 Å². The van der Waals surface area contributed by atoms with Crippen molar-refractivity contribution in [1.82, 2.24) is 4.90 Å². The highest BCUT2D eigenvalue weighted by molar-refractivity contribution is 5.99. The Morgan fingerprint density at radius 2 is 1.96 bits per heavy atom. The van der Waals surface area contributed by atoms with Crippen molar-refractivity contribution in [2.45, 2.75) is 18.9 Å². The third-order valence-corrected chi connectivity index (χ3v) is 4.42. The molecule has 3 rings (SSSR count). The second-order valence-electron chi connectivity index (χ2n) is 5.78. The minimum Gasteiger partial charge on any atom is -0.478 e. The molecular formula is C18H18N2O3. The van der Waals surface area contributed by atoms with Crippen LogP contribution in [0.5, 0.6) is 0 Å². The fourth-order valence-electron chi connectivity index (χ4n) is 3.14. The molecule has 1 unspecified atom stereocenters. The quantitative estimate of drug-likeness (QED) is 0.854. The molecule has 0 fully saturated rings. The van der Waals surface area contributed by atoms with Crippen LogP contribution in [0.15, 0.2) is 42.5 Å². The molecular weight excluding hydrogens is 292 g/mol. The van der Waals surface area contributed by atoms with Crippen LogP contribution in [0.2, 0.25) is 0 Å². The third-order valence-electron chi connectivity index (χ3n) is 4.42. The largest absolute Gasteiger partial charge is 0.478 e. The predicted molar refractivity (Wildman–Crippen MR) is 87.4 cm³/mol. The summed E-state index contributed by atoms with van der Waals surface area (Å²) in [5.74, 6) is -1.11. The molecule has 1 amide bonds. The number of carbonyl (C=O) groups is 2. The van der Waals surface area contributed by atoms with Crippen molar-refractivity contribution in [1.29, 1.82) is 0 Å². The summed E-state index contributed by atoms with van der Waals surface area (Å²) in [4.78, 5) is 25.5. The molecule has 1 atom stereocenters. The Kier molecular flexibility index (Phi) is 3.78. The number of amides is 1. The highest BCUT2D eigenvalue weighted by Crippen LogP contribution is 2.36. The number of carbonyl (C=O) groups excluding carboxylic acids is 1. The number of para-hydroxylation sites is 1. The van der Waals surface area contributed by atoms with Gasteiger partial charge in [-0.25, -0.2) is 4.79 Å². The Labute approximate surface area is 134 Å². The van der Waals surface area contributed by atoms with Gasteiger partial charge in [0, 0.05) is 12.7 Å². The first-order valence-corrected chi connectivity index (χ1v) is 7.47. The number of nitrogens with zero attached hydrogens (tertiary/aromatic N) is 1. The van der Waals surface area contributed by atoms with Crippen LogP contribution in [0.1, 0.15) is 44.3 Å². The molecule has 0 aliphatic heterocycles. The van der Waals surface area contributed by atoms with Crippen molar-refractivity contribution >= 4 is 17.6 Å². The second-order valence-corrected chi connectivity index (χ2v) is 5.78. The average molecular weight is 310 g/mol. The number of anilines is 1. The van der Waals surface area contributed by atoms with Crippen LogP contribution in [0.3, 0.4) is 0 Å². The number of carboxylic acids is 1. The molecule has 23 heavy (non-hydrogen) atoms. The van der Waals surface area contributed by atoms with Gasteiger partial charge < -0.3 is 15.7 Å². The first-order chi connectivity index (χ1) is 11.0. The third kappa shape index (κ3) is 2.65. The van der Waals surface area contributed by atoms with Gasteiger partial charge in [0.25, 0.3) is 5.91 Å². The molecule has 5 heteroatoms. The van der Waals surface area contributed by atoms with E-state index in [2.05, 4.69) is 0 Å². The number of hydrogen-bond donors (Lipinski definition) is 2. The van der Waals surface area contributed by atoms with E-state index in [1.807, 2.05) is 6.07 Å². The van der Waals surface area contributed by atoms with Crippen molar-refractivity contribution < 1.29 is 14.7 Å². The molecule has 0 saturated heterocycles. The first-order valence-electron chi connectivity index (χ1n) is 7.47. The fourth-order valence-corrected chi connectivity index (χ4v) is 3.14. The molecule has 2 aromatic rings. The second kappa shape index (κ2) is 5.76. The lowest BCUT2D eigenvalue weighted by Gasteiger charge is -2.26. The van der Waals surface area contributed by atoms with Gasteiger partial charge in [-0.2, -0.15) is 0 Å². The van der Waals surface area contributed by atoms with E-state index in [1.54, 1.807) is 48.3 Å². The maximum atomic E-state index is 12.7. The van der Waals surface area contributed by atoms with Crippen LogP contribution < -0.4 is 5.73 Å². The van der Waals surface area contributed by atoms with E-state index in [9.17, 15) is 9.59 Å². The van der Waals surface area contributed by atoms with E-state index in [1.165, 1.54) is 0 Å². The van der Waals surface area contributed by atoms with Crippen LogP contribution in [-0.4, -0.2) is 28.9 Å². The van der Waals surface area contributed by atoms with Gasteiger partial charge in [0.2, 0.25) is 0 Å². The molecule has 118 valence electrons. The summed E-state index contributed by atoms with van der Waals surface area (Å²) in [6, 6.07) is 12.0. The van der Waals surface area contributed by atoms with Crippen molar-refractivity contribution in [2.75, 3.05) is 12.8 Å². The van der Waals surface area contributed by atoms with E-state index in [4.69, 9.17) is 10.8 Å². The van der Waals surface area contributed by atoms with Gasteiger partial charge in [-0.3, -0.25) is 4.79 Å². The molecule has 1 aliphatic carbocycles. The number of nitrogen functional groups attached to an aromatic ring is 1. The summed E-state index contributed by atoms with van der Waals surface area (Å²) in [5, 5.41) is 9.17. The van der Waals surface area contributed by atoms with Gasteiger partial charge in [0.1, 0.15) is 0 Å². The van der Waals surface area contributed by atoms with Crippen molar-refractivity contribution in [3.05, 3.63) is 64.7 Å². The summed E-state index contributed by atoms with van der Waals surface area (Å²) in [7, 11) is 1.74. The topological polar surface area (TPSA) is 83.6 Å². The van der Waals surface area contributed by atoms with Crippen LogP contribution >= 0.6 is 0 Å². The first kappa shape index (κ1) is 15.1. The maximum absolute atomic E-state index is 12.7. The number of aromatic carboxylic acids is 1. The minimum atomic E-state index is -0.959. The SMILES string of the molecule is CN(C(=O)c1ccccc1N)C1CCc2ccc(C(=O)O)cc21. The number of aryl methyl sites for hydroxylation is 1. The molecule has 0 bridgehead atoms. The van der Waals surface area contributed by atoms with E-state index >= 15 is 0 Å². The summed E-state index contributed by atoms with van der Waals surface area (Å²) in [5.41, 5.74) is 9.06. The normalized spacial score (nSPS) is 16.0. The number of carboxylic acid groups (broad SMARTS) is 1. The number of fused-ring (bicyclic) bond motifs is 1. The average Bonchev–Trinajstić information content (AvgIpc) is 2.97. The zero-order valence-electron chi connectivity index (χ0n) is 12.8. The van der Waals surface area contributed by atoms with Crippen molar-refractivity contribution in [3.8, 4) is 0 Å². The number of nitrogens with two attached hydrogens (primary N) is 1. The Bertz CT molecular complexity index is 786. The zero-order chi connectivity index (χ0) is 16.6. The fraction of sp³-hybridized carbons (Fsp3) is 0.222. The molecule has 1 aliphatic rings. The summed E-state index contributed by atoms with van der Waals surface area (Å²) < 4.78 is 0. The maximum Gasteiger partial charge on any atom is 0.335 e. The van der Waals surface area contributed by atoms with Crippen LogP contribution in [0.4, 0.5) is 5.69 Å². The molecule has 0 heterocycles. The minimum absolute atomic E-state index is 0.128. The lowest BCUT2D eigenvalue weighted by molar-refractivity contribution is 0.0696. The number of rotatable bonds is 3. The van der Waals surface area contributed by atoms with Gasteiger partial charge >= 0.3 is 5.97 Å². The van der Waals surface area contributed by atoms with Crippen LogP contribution in [-0.2, 0) is 6.42 Å². The molecule has 0 spiro atoms. The smallest absolute Gasteiger partial charge is 0.335 e. The molecule has 0 radical (unpaired) electrons. The molecule has 5 nitrogen and oxygen atoms in total. The van der Waals surface area contributed by atoms with Gasteiger partial charge in [-0.1, -0.05) is 18.2 Å². The number of benzene rings is 2. The van der Waals surface area contributed by atoms with E-state index in [-0.39, 0.29) is 17.5 Å². The Balaban J connectivity index is 1.93. The number of hydrogen-bond acceptors (Lipinski definition) is 3. The molecule has 2 aromatic carbocycles. The summed E-state index contributed by atoms with van der Waals surface area (Å²) in [6.45, 7) is 0. The van der Waals surface area contributed by atoms with Gasteiger partial charge in [0.05, 0.1) is 17.2 Å². The zero-order valence-corrected chi connectivity index (χ0v) is 12.8. The Hall–Kier alpha value is -2.82. The van der Waals surface area contributed by atoms with Gasteiger partial charge in [-0.15, -0.1) is 0 Å². The van der Waals surface area contributed by atoms with E-state index in [0.29, 0.717) is 11.3 Å². The van der Waals surface area contributed by atoms with E-state index in [0.717, 1.165) is 24.0 Å². The van der Waals surface area contributed by atoms with Gasteiger partial charge in [0.15, 0.2) is 0 Å². The Morgan fingerprint density at radius 3 is 2.65 bits per heavy atom. The Morgan fingerprint density at radius 1 is 1.22 bits per heavy atom. The lowest BCUT2D eigenvalue weighted by atomic mass is 10.0. The molecule has 0 aromatic heterocycles. The standard InChI is InChI=1S/C18H18N2O3/c1-20(17(21)13-4-2-3-5-15(13)19)16-9-8-11-6-7-12(18(22)23)10-14(11)16/h2-7,10,16H,8-9,19H2,1H3,(H,22,23). The summed E-state index contributed by atoms with van der Waals surface area (Å²) >= 11 is 0. The highest BCUT2D eigenvalue weighted by atomic mass is 16.4. The van der Waals surface area contributed by atoms with Gasteiger partial charge in [-0.05, 0) is 48.2 Å². The molecule has 3 N–H and O–H groups in total. The van der Waals surface area contributed by atoms with E-state index < -0.39 is 5.97 Å². The lowest BCUT2D eigenvalue weighted by Crippen LogP contribution is -2.30. The summed E-state index contributed by atoms with van der Waals surface area (Å²) in [6.07, 6.45) is 1.62. The van der Waals surface area contributed by atoms with Crippen molar-refractivity contribution in [3.63, 3.8) is 0 Å².